The summed E-state index contributed by atoms with van der Waals surface area (Å²) in [6.45, 7) is 5.31. The molecule has 0 saturated carbocycles. The molecule has 0 aliphatic heterocycles. The summed E-state index contributed by atoms with van der Waals surface area (Å²) < 4.78 is 3.01. The van der Waals surface area contributed by atoms with Crippen molar-refractivity contribution in [3.05, 3.63) is 34.7 Å². The smallest absolute Gasteiger partial charge is 0.329 e. The van der Waals surface area contributed by atoms with Crippen LogP contribution in [0.15, 0.2) is 29.1 Å². The van der Waals surface area contributed by atoms with Gasteiger partial charge in [-0.15, -0.1) is 0 Å². The SMILES string of the molecule is CCn1c(=O)n(CC(=O)NCC(C)(C)C(=O)O)c2ccccc21. The molecule has 2 rings (SSSR count). The summed E-state index contributed by atoms with van der Waals surface area (Å²) in [4.78, 5) is 35.6. The highest BCUT2D eigenvalue weighted by Gasteiger charge is 2.27. The molecule has 0 bridgehead atoms. The minimum absolute atomic E-state index is 0.00232. The number of carboxylic acids is 1. The minimum Gasteiger partial charge on any atom is -0.481 e. The Hall–Kier alpha value is -2.57. The molecule has 2 aromatic rings. The van der Waals surface area contributed by atoms with Gasteiger partial charge in [0.15, 0.2) is 0 Å². The largest absolute Gasteiger partial charge is 0.481 e. The van der Waals surface area contributed by atoms with Gasteiger partial charge in [-0.05, 0) is 32.9 Å². The molecule has 2 N–H and O–H groups in total. The van der Waals surface area contributed by atoms with E-state index in [-0.39, 0.29) is 24.7 Å². The Morgan fingerprint density at radius 3 is 2.26 bits per heavy atom. The molecule has 124 valence electrons. The van der Waals surface area contributed by atoms with Gasteiger partial charge in [0.05, 0.1) is 16.4 Å². The molecule has 7 nitrogen and oxygen atoms in total. The van der Waals surface area contributed by atoms with Crippen LogP contribution in [-0.2, 0) is 22.7 Å². The van der Waals surface area contributed by atoms with Crippen LogP contribution in [0.5, 0.6) is 0 Å². The summed E-state index contributed by atoms with van der Waals surface area (Å²) in [5.41, 5.74) is 0.157. The Bertz CT molecular complexity index is 801. The van der Waals surface area contributed by atoms with E-state index in [1.165, 1.54) is 18.4 Å². The Balaban J connectivity index is 2.22. The average molecular weight is 319 g/mol. The number of imidazole rings is 1. The average Bonchev–Trinajstić information content (AvgIpc) is 2.77. The fraction of sp³-hybridized carbons (Fsp3) is 0.438. The monoisotopic (exact) mass is 319 g/mol. The Morgan fingerprint density at radius 1 is 1.17 bits per heavy atom. The highest BCUT2D eigenvalue weighted by molar-refractivity contribution is 5.81. The lowest BCUT2D eigenvalue weighted by molar-refractivity contribution is -0.146. The van der Waals surface area contributed by atoms with Crippen LogP contribution < -0.4 is 11.0 Å². The van der Waals surface area contributed by atoms with Gasteiger partial charge in [0.2, 0.25) is 5.91 Å². The maximum atomic E-state index is 12.4. The number of fused-ring (bicyclic) bond motifs is 1. The quantitative estimate of drug-likeness (QED) is 0.832. The lowest BCUT2D eigenvalue weighted by Crippen LogP contribution is -2.41. The van der Waals surface area contributed by atoms with Crippen LogP contribution in [0.3, 0.4) is 0 Å². The third kappa shape index (κ3) is 3.28. The predicted molar refractivity (Wildman–Crippen MR) is 86.3 cm³/mol. The second-order valence-corrected chi connectivity index (χ2v) is 6.07. The molecule has 0 radical (unpaired) electrons. The number of aromatic nitrogens is 2. The number of rotatable bonds is 6. The van der Waals surface area contributed by atoms with Gasteiger partial charge in [0.25, 0.3) is 0 Å². The van der Waals surface area contributed by atoms with Gasteiger partial charge >= 0.3 is 11.7 Å². The molecule has 1 aromatic heterocycles. The summed E-state index contributed by atoms with van der Waals surface area (Å²) in [7, 11) is 0. The maximum Gasteiger partial charge on any atom is 0.329 e. The Labute approximate surface area is 133 Å². The zero-order chi connectivity index (χ0) is 17.2. The normalized spacial score (nSPS) is 11.6. The lowest BCUT2D eigenvalue weighted by Gasteiger charge is -2.19. The van der Waals surface area contributed by atoms with E-state index in [0.717, 1.165) is 5.52 Å². The molecule has 0 atom stereocenters. The maximum absolute atomic E-state index is 12.4. The van der Waals surface area contributed by atoms with Gasteiger partial charge in [0.1, 0.15) is 6.54 Å². The van der Waals surface area contributed by atoms with Crippen LogP contribution in [0.2, 0.25) is 0 Å². The Morgan fingerprint density at radius 2 is 1.74 bits per heavy atom. The van der Waals surface area contributed by atoms with Gasteiger partial charge in [-0.2, -0.15) is 0 Å². The first-order valence-corrected chi connectivity index (χ1v) is 7.46. The van der Waals surface area contributed by atoms with Gasteiger partial charge in [-0.25, -0.2) is 4.79 Å². The molecule has 1 amide bonds. The minimum atomic E-state index is -1.06. The van der Waals surface area contributed by atoms with E-state index >= 15 is 0 Å². The van der Waals surface area contributed by atoms with E-state index < -0.39 is 11.4 Å². The molecule has 0 saturated heterocycles. The van der Waals surface area contributed by atoms with Gasteiger partial charge in [-0.3, -0.25) is 18.7 Å². The summed E-state index contributed by atoms with van der Waals surface area (Å²) in [6.07, 6.45) is 0. The summed E-state index contributed by atoms with van der Waals surface area (Å²) in [6, 6.07) is 7.27. The van der Waals surface area contributed by atoms with Crippen molar-refractivity contribution < 1.29 is 14.7 Å². The molecule has 0 aliphatic carbocycles. The first kappa shape index (κ1) is 16.8. The van der Waals surface area contributed by atoms with E-state index in [2.05, 4.69) is 5.32 Å². The molecular weight excluding hydrogens is 298 g/mol. The number of para-hydroxylation sites is 2. The van der Waals surface area contributed by atoms with Crippen molar-refractivity contribution in [2.75, 3.05) is 6.54 Å². The second kappa shape index (κ2) is 6.28. The van der Waals surface area contributed by atoms with Crippen molar-refractivity contribution >= 4 is 22.9 Å². The van der Waals surface area contributed by atoms with Crippen LogP contribution >= 0.6 is 0 Å². The fourth-order valence-electron chi connectivity index (χ4n) is 2.33. The number of hydrogen-bond acceptors (Lipinski definition) is 3. The van der Waals surface area contributed by atoms with E-state index in [9.17, 15) is 14.4 Å². The topological polar surface area (TPSA) is 93.3 Å². The first-order chi connectivity index (χ1) is 10.8. The Kier molecular flexibility index (Phi) is 4.58. The molecular formula is C16H21N3O4. The van der Waals surface area contributed by atoms with Crippen molar-refractivity contribution in [1.82, 2.24) is 14.5 Å². The second-order valence-electron chi connectivity index (χ2n) is 6.07. The van der Waals surface area contributed by atoms with Crippen LogP contribution in [-0.4, -0.2) is 32.7 Å². The van der Waals surface area contributed by atoms with Crippen LogP contribution in [0.4, 0.5) is 0 Å². The predicted octanol–water partition coefficient (Wildman–Crippen LogP) is 1.05. The molecule has 1 aromatic carbocycles. The summed E-state index contributed by atoms with van der Waals surface area (Å²) >= 11 is 0. The number of amides is 1. The van der Waals surface area contributed by atoms with Crippen LogP contribution in [0, 0.1) is 5.41 Å². The molecule has 1 heterocycles. The molecule has 23 heavy (non-hydrogen) atoms. The zero-order valence-electron chi connectivity index (χ0n) is 13.5. The van der Waals surface area contributed by atoms with Crippen molar-refractivity contribution in [1.29, 1.82) is 0 Å². The molecule has 0 spiro atoms. The number of carboxylic acid groups (broad SMARTS) is 1. The van der Waals surface area contributed by atoms with E-state index in [1.807, 2.05) is 25.1 Å². The van der Waals surface area contributed by atoms with Gasteiger partial charge < -0.3 is 10.4 Å². The zero-order valence-corrected chi connectivity index (χ0v) is 13.5. The van der Waals surface area contributed by atoms with Gasteiger partial charge in [0, 0.05) is 13.1 Å². The molecule has 0 unspecified atom stereocenters. The fourth-order valence-corrected chi connectivity index (χ4v) is 2.33. The number of hydrogen-bond donors (Lipinski definition) is 2. The number of benzene rings is 1. The molecule has 0 fully saturated rings. The highest BCUT2D eigenvalue weighted by Crippen LogP contribution is 2.14. The van der Waals surface area contributed by atoms with Crippen molar-refractivity contribution in [2.24, 2.45) is 5.41 Å². The van der Waals surface area contributed by atoms with Crippen LogP contribution in [0.25, 0.3) is 11.0 Å². The summed E-state index contributed by atoms with van der Waals surface area (Å²) in [5, 5.41) is 11.6. The van der Waals surface area contributed by atoms with Gasteiger partial charge in [-0.1, -0.05) is 12.1 Å². The molecule has 7 heteroatoms. The highest BCUT2D eigenvalue weighted by atomic mass is 16.4. The standard InChI is InChI=1S/C16H21N3O4/c1-4-18-11-7-5-6-8-12(11)19(15(18)23)9-13(20)17-10-16(2,3)14(21)22/h5-8H,4,9-10H2,1-3H3,(H,17,20)(H,21,22). The van der Waals surface area contributed by atoms with E-state index in [4.69, 9.17) is 5.11 Å². The number of aryl methyl sites for hydroxylation is 1. The third-order valence-corrected chi connectivity index (χ3v) is 3.85. The number of nitrogens with one attached hydrogen (secondary N) is 1. The van der Waals surface area contributed by atoms with Crippen molar-refractivity contribution in [2.45, 2.75) is 33.9 Å². The number of aliphatic carboxylic acids is 1. The molecule has 0 aliphatic rings. The lowest BCUT2D eigenvalue weighted by atomic mass is 9.94. The van der Waals surface area contributed by atoms with Crippen LogP contribution in [0.1, 0.15) is 20.8 Å². The summed E-state index contributed by atoms with van der Waals surface area (Å²) in [5.74, 6) is -1.38. The first-order valence-electron chi connectivity index (χ1n) is 7.46. The number of carbonyl (C=O) groups excluding carboxylic acids is 1. The van der Waals surface area contributed by atoms with Crippen molar-refractivity contribution in [3.63, 3.8) is 0 Å². The van der Waals surface area contributed by atoms with Crippen molar-refractivity contribution in [3.8, 4) is 0 Å². The number of nitrogens with zero attached hydrogens (tertiary/aromatic N) is 2. The third-order valence-electron chi connectivity index (χ3n) is 3.85. The van der Waals surface area contributed by atoms with E-state index in [0.29, 0.717) is 12.1 Å². The number of carbonyl (C=O) groups is 2. The van der Waals surface area contributed by atoms with E-state index in [1.54, 1.807) is 10.6 Å².